The summed E-state index contributed by atoms with van der Waals surface area (Å²) < 4.78 is 0. The van der Waals surface area contributed by atoms with E-state index in [9.17, 15) is 24.3 Å². The minimum absolute atomic E-state index is 0.0255. The van der Waals surface area contributed by atoms with Crippen LogP contribution in [0.1, 0.15) is 74.5 Å². The Morgan fingerprint density at radius 1 is 0.892 bits per heavy atom. The number of ketones is 2. The summed E-state index contributed by atoms with van der Waals surface area (Å²) >= 11 is 0. The van der Waals surface area contributed by atoms with Crippen LogP contribution in [0.4, 0.5) is 0 Å². The van der Waals surface area contributed by atoms with Crippen molar-refractivity contribution in [1.29, 1.82) is 0 Å². The Balaban J connectivity index is 1.48. The van der Waals surface area contributed by atoms with Gasteiger partial charge in [0.15, 0.2) is 11.6 Å². The first-order valence-corrected chi connectivity index (χ1v) is 13.6. The van der Waals surface area contributed by atoms with Crippen LogP contribution < -0.4 is 0 Å². The van der Waals surface area contributed by atoms with E-state index in [1.54, 1.807) is 11.8 Å². The van der Waals surface area contributed by atoms with Crippen LogP contribution in [0, 0.1) is 31.6 Å². The molecule has 1 saturated heterocycles. The quantitative estimate of drug-likeness (QED) is 0.360. The van der Waals surface area contributed by atoms with Crippen molar-refractivity contribution in [3.05, 3.63) is 63.3 Å². The second-order valence-corrected chi connectivity index (χ2v) is 11.6. The lowest BCUT2D eigenvalue weighted by Gasteiger charge is -2.42. The van der Waals surface area contributed by atoms with E-state index in [1.165, 1.54) is 6.08 Å². The molecule has 1 heterocycles. The van der Waals surface area contributed by atoms with E-state index in [4.69, 9.17) is 0 Å². The number of carbonyl (C=O) groups excluding carboxylic acids is 4. The van der Waals surface area contributed by atoms with Crippen LogP contribution in [0.5, 0.6) is 5.75 Å². The lowest BCUT2D eigenvalue weighted by atomic mass is 9.59. The molecule has 4 unspecified atom stereocenters. The molecule has 1 saturated carbocycles. The maximum atomic E-state index is 13.9. The second kappa shape index (κ2) is 8.64. The fourth-order valence-corrected chi connectivity index (χ4v) is 7.64. The summed E-state index contributed by atoms with van der Waals surface area (Å²) in [5.41, 5.74) is 4.59. The van der Waals surface area contributed by atoms with Crippen molar-refractivity contribution in [2.75, 3.05) is 0 Å². The highest BCUT2D eigenvalue weighted by molar-refractivity contribution is 6.23. The Hall–Kier alpha value is -3.28. The smallest absolute Gasteiger partial charge is 0.233 e. The molecule has 5 aliphatic rings. The minimum Gasteiger partial charge on any atom is -0.507 e. The van der Waals surface area contributed by atoms with Crippen LogP contribution in [-0.4, -0.2) is 39.4 Å². The topological polar surface area (TPSA) is 91.8 Å². The monoisotopic (exact) mass is 499 g/mol. The summed E-state index contributed by atoms with van der Waals surface area (Å²) in [5, 5.41) is 10.4. The van der Waals surface area contributed by atoms with E-state index in [2.05, 4.69) is 6.08 Å². The maximum Gasteiger partial charge on any atom is 0.233 e. The Morgan fingerprint density at radius 2 is 1.57 bits per heavy atom. The molecule has 4 atom stereocenters. The van der Waals surface area contributed by atoms with Crippen LogP contribution in [0.3, 0.4) is 0 Å². The molecule has 2 fully saturated rings. The number of hydrogen-bond acceptors (Lipinski definition) is 5. The molecule has 0 radical (unpaired) electrons. The zero-order chi connectivity index (χ0) is 26.2. The first-order valence-electron chi connectivity index (χ1n) is 13.6. The first kappa shape index (κ1) is 24.1. The molecule has 6 nitrogen and oxygen atoms in total. The fraction of sp³-hybridized carbons (Fsp3) is 0.484. The Morgan fingerprint density at radius 3 is 2.24 bits per heavy atom. The largest absolute Gasteiger partial charge is 0.507 e. The third kappa shape index (κ3) is 3.52. The predicted octanol–water partition coefficient (Wildman–Crippen LogP) is 4.77. The Labute approximate surface area is 217 Å². The van der Waals surface area contributed by atoms with Crippen molar-refractivity contribution in [2.45, 2.75) is 77.7 Å². The number of fused-ring (bicyclic) bond motifs is 3. The van der Waals surface area contributed by atoms with E-state index < -0.39 is 17.8 Å². The number of phenols is 1. The number of likely N-dealkylation sites (tertiary alicyclic amines) is 1. The zero-order valence-corrected chi connectivity index (χ0v) is 21.7. The summed E-state index contributed by atoms with van der Waals surface area (Å²) in [7, 11) is 0. The van der Waals surface area contributed by atoms with Gasteiger partial charge in [0.25, 0.3) is 0 Å². The van der Waals surface area contributed by atoms with Crippen molar-refractivity contribution in [3.63, 3.8) is 0 Å². The standard InChI is InChI=1S/C31H33NO5/c1-15-11-18(12-16(2)28(15)34)25-20-9-10-21-26(31(37)32(30(21)36)19-7-5-4-6-8-19)22(20)14-23-27(25)24(33)13-17(3)29(23)35/h9,11-13,19,21-22,25-26,34H,4-8,10,14H2,1-3H3. The minimum atomic E-state index is -0.501. The van der Waals surface area contributed by atoms with E-state index in [1.807, 2.05) is 26.0 Å². The van der Waals surface area contributed by atoms with Crippen molar-refractivity contribution < 1.29 is 24.3 Å². The van der Waals surface area contributed by atoms with Crippen LogP contribution in [-0.2, 0) is 19.2 Å². The third-order valence-electron chi connectivity index (χ3n) is 9.38. The van der Waals surface area contributed by atoms with Crippen LogP contribution in [0.2, 0.25) is 0 Å². The number of imide groups is 1. The normalized spacial score (nSPS) is 30.2. The molecule has 0 bridgehead atoms. The summed E-state index contributed by atoms with van der Waals surface area (Å²) in [6, 6.07) is 3.74. The SMILES string of the molecule is CC1=CC(=O)C2=C(CC3C(=CCC4C(=O)N(C5CCCCC5)C(=O)C43)C2c2cc(C)c(O)c(C)c2)C1=O. The molecule has 37 heavy (non-hydrogen) atoms. The third-order valence-corrected chi connectivity index (χ3v) is 9.38. The van der Waals surface area contributed by atoms with Crippen molar-refractivity contribution in [1.82, 2.24) is 4.90 Å². The number of Topliss-reactive ketones (excluding diaryl/α,β-unsaturated/α-hetero) is 1. The average molecular weight is 500 g/mol. The Kier molecular flexibility index (Phi) is 5.62. The number of aromatic hydroxyl groups is 1. The molecule has 6 heteroatoms. The average Bonchev–Trinajstić information content (AvgIpc) is 3.14. The molecule has 0 spiro atoms. The first-order chi connectivity index (χ1) is 17.7. The number of allylic oxidation sites excluding steroid dienone is 6. The van der Waals surface area contributed by atoms with Gasteiger partial charge >= 0.3 is 0 Å². The number of benzene rings is 1. The zero-order valence-electron chi connectivity index (χ0n) is 21.7. The van der Waals surface area contributed by atoms with Gasteiger partial charge in [0.2, 0.25) is 11.8 Å². The highest BCUT2D eigenvalue weighted by Crippen LogP contribution is 2.55. The van der Waals surface area contributed by atoms with Gasteiger partial charge in [0.1, 0.15) is 5.75 Å². The summed E-state index contributed by atoms with van der Waals surface area (Å²) in [5.74, 6) is -1.94. The van der Waals surface area contributed by atoms with Crippen molar-refractivity contribution in [3.8, 4) is 5.75 Å². The molecule has 1 aromatic rings. The van der Waals surface area contributed by atoms with Crippen LogP contribution in [0.15, 0.2) is 46.6 Å². The number of carbonyl (C=O) groups is 4. The molecule has 192 valence electrons. The molecule has 2 amide bonds. The molecule has 0 aromatic heterocycles. The van der Waals surface area contributed by atoms with Gasteiger partial charge in [-0.2, -0.15) is 0 Å². The van der Waals surface area contributed by atoms with Gasteiger partial charge in [-0.25, -0.2) is 0 Å². The highest BCUT2D eigenvalue weighted by Gasteiger charge is 2.57. The van der Waals surface area contributed by atoms with Gasteiger partial charge < -0.3 is 5.11 Å². The van der Waals surface area contributed by atoms with E-state index in [0.717, 1.165) is 43.2 Å². The van der Waals surface area contributed by atoms with Gasteiger partial charge in [-0.05, 0) is 75.1 Å². The molecule has 1 aromatic carbocycles. The summed E-state index contributed by atoms with van der Waals surface area (Å²) in [4.78, 5) is 55.8. The predicted molar refractivity (Wildman–Crippen MR) is 138 cm³/mol. The number of hydrogen-bond donors (Lipinski definition) is 1. The van der Waals surface area contributed by atoms with Gasteiger partial charge in [0.05, 0.1) is 11.8 Å². The number of amides is 2. The van der Waals surface area contributed by atoms with Gasteiger partial charge in [-0.3, -0.25) is 24.1 Å². The number of nitrogens with zero attached hydrogens (tertiary/aromatic N) is 1. The lowest BCUT2D eigenvalue weighted by molar-refractivity contribution is -0.143. The van der Waals surface area contributed by atoms with Crippen LogP contribution in [0.25, 0.3) is 0 Å². The van der Waals surface area contributed by atoms with E-state index in [-0.39, 0.29) is 41.1 Å². The van der Waals surface area contributed by atoms with Gasteiger partial charge in [-0.15, -0.1) is 0 Å². The van der Waals surface area contributed by atoms with Gasteiger partial charge in [0, 0.05) is 28.7 Å². The summed E-state index contributed by atoms with van der Waals surface area (Å²) in [6.07, 6.45) is 9.20. The van der Waals surface area contributed by atoms with E-state index in [0.29, 0.717) is 40.7 Å². The van der Waals surface area contributed by atoms with Crippen molar-refractivity contribution in [2.24, 2.45) is 17.8 Å². The van der Waals surface area contributed by atoms with Crippen LogP contribution >= 0.6 is 0 Å². The summed E-state index contributed by atoms with van der Waals surface area (Å²) in [6.45, 7) is 5.32. The lowest BCUT2D eigenvalue weighted by Crippen LogP contribution is -2.43. The van der Waals surface area contributed by atoms with Crippen molar-refractivity contribution >= 4 is 23.4 Å². The molecule has 1 aliphatic heterocycles. The molecular formula is C31H33NO5. The highest BCUT2D eigenvalue weighted by atomic mass is 16.3. The molecular weight excluding hydrogens is 466 g/mol. The molecule has 4 aliphatic carbocycles. The fourth-order valence-electron chi connectivity index (χ4n) is 7.64. The number of rotatable bonds is 2. The number of aryl methyl sites for hydroxylation is 2. The molecule has 1 N–H and O–H groups in total. The Bertz CT molecular complexity index is 1330. The second-order valence-electron chi connectivity index (χ2n) is 11.6. The van der Waals surface area contributed by atoms with Gasteiger partial charge in [-0.1, -0.05) is 43.0 Å². The number of phenolic OH excluding ortho intramolecular Hbond substituents is 1. The maximum absolute atomic E-state index is 13.9. The van der Waals surface area contributed by atoms with E-state index >= 15 is 0 Å². The molecule has 6 rings (SSSR count).